The zero-order valence-electron chi connectivity index (χ0n) is 14.4. The molecule has 0 radical (unpaired) electrons. The van der Waals surface area contributed by atoms with Gasteiger partial charge in [-0.3, -0.25) is 4.55 Å². The Hall–Kier alpha value is 0.400. The summed E-state index contributed by atoms with van der Waals surface area (Å²) in [5.41, 5.74) is 2.21. The molecule has 3 nitrogen and oxygen atoms in total. The third-order valence-electron chi connectivity index (χ3n) is 4.16. The zero-order valence-corrected chi connectivity index (χ0v) is 17.6. The molecule has 0 amide bonds. The summed E-state index contributed by atoms with van der Waals surface area (Å²) in [7, 11) is -0.713. The summed E-state index contributed by atoms with van der Waals surface area (Å²) in [6.45, 7) is 2.23. The molecule has 0 saturated heterocycles. The van der Waals surface area contributed by atoms with Crippen molar-refractivity contribution in [1.29, 1.82) is 0 Å². The van der Waals surface area contributed by atoms with Crippen LogP contribution in [0.15, 0.2) is 29.2 Å². The number of unbranched alkanes of at least 4 members (excludes halogenated alkanes) is 5. The average molecular weight is 441 g/mol. The van der Waals surface area contributed by atoms with Crippen LogP contribution in [0.5, 0.6) is 0 Å². The Morgan fingerprint density at radius 2 is 1.62 bits per heavy atom. The van der Waals surface area contributed by atoms with Crippen molar-refractivity contribution in [3.05, 3.63) is 44.1 Å². The van der Waals surface area contributed by atoms with Crippen molar-refractivity contribution in [3.63, 3.8) is 0 Å². The van der Waals surface area contributed by atoms with E-state index in [1.807, 2.05) is 0 Å². The van der Waals surface area contributed by atoms with Crippen LogP contribution in [-0.4, -0.2) is 42.5 Å². The molecule has 2 rings (SSSR count). The van der Waals surface area contributed by atoms with Crippen molar-refractivity contribution in [2.24, 2.45) is 0 Å². The maximum absolute atomic E-state index is 11.1. The summed E-state index contributed by atoms with van der Waals surface area (Å²) in [6, 6.07) is 6.37. The molecular formula is C18H25NaO3S4. The first kappa shape index (κ1) is 24.4. The quantitative estimate of drug-likeness (QED) is 0.171. The van der Waals surface area contributed by atoms with Gasteiger partial charge in [-0.2, -0.15) is 8.42 Å². The maximum atomic E-state index is 11.1. The van der Waals surface area contributed by atoms with Crippen molar-refractivity contribution in [1.82, 2.24) is 0 Å². The first-order valence-electron chi connectivity index (χ1n) is 8.59. The van der Waals surface area contributed by atoms with Gasteiger partial charge in [-0.05, 0) is 36.1 Å². The predicted octanol–water partition coefficient (Wildman–Crippen LogP) is 5.63. The number of hydrogen-bond acceptors (Lipinski definition) is 5. The van der Waals surface area contributed by atoms with E-state index in [1.54, 1.807) is 32.8 Å². The van der Waals surface area contributed by atoms with Crippen molar-refractivity contribution >= 4 is 72.6 Å². The van der Waals surface area contributed by atoms with Gasteiger partial charge in [-0.1, -0.05) is 84.1 Å². The molecule has 2 aromatic rings. The van der Waals surface area contributed by atoms with Gasteiger partial charge in [0.2, 0.25) is 0 Å². The van der Waals surface area contributed by atoms with Gasteiger partial charge in [-0.15, -0.1) is 0 Å². The molecule has 0 aliphatic carbocycles. The summed E-state index contributed by atoms with van der Waals surface area (Å²) < 4.78 is 32.2. The van der Waals surface area contributed by atoms with Crippen LogP contribution in [0, 0.1) is 3.82 Å². The molecule has 0 unspecified atom stereocenters. The van der Waals surface area contributed by atoms with E-state index in [1.165, 1.54) is 61.1 Å². The number of aryl methyl sites for hydroxylation is 1. The molecule has 0 saturated carbocycles. The topological polar surface area (TPSA) is 54.4 Å². The second-order valence-electron chi connectivity index (χ2n) is 6.17. The Morgan fingerprint density at radius 3 is 2.23 bits per heavy atom. The number of benzene rings is 1. The van der Waals surface area contributed by atoms with Gasteiger partial charge in [0.05, 0.1) is 4.90 Å². The van der Waals surface area contributed by atoms with Crippen LogP contribution in [0.1, 0.15) is 61.5 Å². The monoisotopic (exact) mass is 440 g/mol. The molecule has 1 N–H and O–H groups in total. The van der Waals surface area contributed by atoms with Crippen molar-refractivity contribution in [2.45, 2.75) is 63.2 Å². The first-order valence-corrected chi connectivity index (χ1v) is 12.6. The van der Waals surface area contributed by atoms with E-state index in [2.05, 4.69) is 6.92 Å². The molecule has 0 atom stereocenters. The van der Waals surface area contributed by atoms with Crippen molar-refractivity contribution < 1.29 is 13.0 Å². The standard InChI is InChI=1S/C18H24O3S4.Na.H/c1-2-3-4-5-6-7-8-17-16(18(22)24-23-17)13-14-9-11-15(12-10-14)25(19,20)21;;/h9-12H,2-8,13H2,1H3,(H,19,20,21);;. The third-order valence-corrected chi connectivity index (χ3v) is 8.33. The summed E-state index contributed by atoms with van der Waals surface area (Å²) in [5.74, 6) is 0. The second kappa shape index (κ2) is 12.1. The second-order valence-corrected chi connectivity index (χ2v) is 10.5. The Labute approximate surface area is 191 Å². The summed E-state index contributed by atoms with van der Waals surface area (Å²) in [4.78, 5) is 1.29. The fourth-order valence-electron chi connectivity index (χ4n) is 2.72. The van der Waals surface area contributed by atoms with Gasteiger partial charge in [0.1, 0.15) is 3.82 Å². The van der Waals surface area contributed by atoms with Gasteiger partial charge >= 0.3 is 29.6 Å². The first-order chi connectivity index (χ1) is 11.9. The molecule has 8 heteroatoms. The Bertz CT molecular complexity index is 823. The molecule has 26 heavy (non-hydrogen) atoms. The molecule has 0 bridgehead atoms. The van der Waals surface area contributed by atoms with Crippen LogP contribution in [0.25, 0.3) is 0 Å². The van der Waals surface area contributed by atoms with Gasteiger partial charge in [0.15, 0.2) is 0 Å². The van der Waals surface area contributed by atoms with E-state index in [4.69, 9.17) is 16.8 Å². The number of hydrogen-bond donors (Lipinski definition) is 1. The Kier molecular flexibility index (Phi) is 11.3. The zero-order chi connectivity index (χ0) is 18.3. The van der Waals surface area contributed by atoms with Gasteiger partial charge in [0.25, 0.3) is 10.1 Å². The normalized spacial score (nSPS) is 11.3. The Morgan fingerprint density at radius 1 is 1.00 bits per heavy atom. The molecule has 0 aliphatic rings. The summed E-state index contributed by atoms with van der Waals surface area (Å²) in [6.07, 6.45) is 9.46. The van der Waals surface area contributed by atoms with Gasteiger partial charge < -0.3 is 0 Å². The van der Waals surface area contributed by atoms with E-state index in [9.17, 15) is 8.42 Å². The van der Waals surface area contributed by atoms with Crippen molar-refractivity contribution in [3.8, 4) is 0 Å². The van der Waals surface area contributed by atoms with E-state index in [0.29, 0.717) is 0 Å². The van der Waals surface area contributed by atoms with E-state index in [-0.39, 0.29) is 34.5 Å². The number of rotatable bonds is 10. The van der Waals surface area contributed by atoms with E-state index < -0.39 is 10.1 Å². The molecule has 1 heterocycles. The van der Waals surface area contributed by atoms with Crippen LogP contribution in [0.2, 0.25) is 0 Å². The fraction of sp³-hybridized carbons (Fsp3) is 0.500. The van der Waals surface area contributed by atoms with Gasteiger partial charge in [-0.25, -0.2) is 0 Å². The molecule has 1 aromatic carbocycles. The Balaban J connectivity index is 0.00000338. The van der Waals surface area contributed by atoms with Crippen LogP contribution in [0.4, 0.5) is 0 Å². The molecule has 0 spiro atoms. The van der Waals surface area contributed by atoms with Crippen LogP contribution in [0.3, 0.4) is 0 Å². The molecule has 0 aliphatic heterocycles. The SMILES string of the molecule is CCCCCCCCc1ssc(=S)c1Cc1ccc(S(=O)(=O)O)cc1.[NaH]. The van der Waals surface area contributed by atoms with Crippen LogP contribution in [-0.2, 0) is 23.0 Å². The summed E-state index contributed by atoms with van der Waals surface area (Å²) >= 11 is 5.49. The molecule has 140 valence electrons. The van der Waals surface area contributed by atoms with Crippen LogP contribution >= 0.6 is 32.9 Å². The van der Waals surface area contributed by atoms with Crippen LogP contribution < -0.4 is 0 Å². The molecule has 0 fully saturated rings. The predicted molar refractivity (Wildman–Crippen MR) is 116 cm³/mol. The minimum absolute atomic E-state index is 0. The average Bonchev–Trinajstić information content (AvgIpc) is 2.91. The third kappa shape index (κ3) is 7.80. The fourth-order valence-corrected chi connectivity index (χ4v) is 6.18. The summed E-state index contributed by atoms with van der Waals surface area (Å²) in [5, 5.41) is 0. The van der Waals surface area contributed by atoms with Gasteiger partial charge in [0, 0.05) is 11.3 Å². The molecule has 1 aromatic heterocycles. The van der Waals surface area contributed by atoms with E-state index >= 15 is 0 Å². The van der Waals surface area contributed by atoms with E-state index in [0.717, 1.165) is 22.2 Å². The minimum atomic E-state index is -4.14. The van der Waals surface area contributed by atoms with Crippen molar-refractivity contribution in [2.75, 3.05) is 0 Å². The molecular weight excluding hydrogens is 415 g/mol.